The molecule has 1 atom stereocenters. The van der Waals surface area contributed by atoms with Crippen molar-refractivity contribution in [2.75, 3.05) is 44.8 Å². The van der Waals surface area contributed by atoms with Crippen molar-refractivity contribution in [2.45, 2.75) is 18.9 Å². The van der Waals surface area contributed by atoms with Crippen LogP contribution in [0.1, 0.15) is 29.0 Å². The van der Waals surface area contributed by atoms with Crippen molar-refractivity contribution in [2.24, 2.45) is 0 Å². The van der Waals surface area contributed by atoms with Crippen LogP contribution >= 0.6 is 0 Å². The Balaban J connectivity index is 1.54. The van der Waals surface area contributed by atoms with Crippen LogP contribution in [0.15, 0.2) is 60.7 Å². The molecule has 2 aliphatic heterocycles. The lowest BCUT2D eigenvalue weighted by molar-refractivity contribution is 0.122. The molecule has 144 valence electrons. The van der Waals surface area contributed by atoms with Crippen LogP contribution < -0.4 is 4.90 Å². The van der Waals surface area contributed by atoms with E-state index >= 15 is 0 Å². The van der Waals surface area contributed by atoms with Crippen molar-refractivity contribution in [3.63, 3.8) is 0 Å². The molecule has 0 amide bonds. The van der Waals surface area contributed by atoms with E-state index < -0.39 is 0 Å². The van der Waals surface area contributed by atoms with Crippen LogP contribution in [0, 0.1) is 0 Å². The third-order valence-electron chi connectivity index (χ3n) is 6.29. The van der Waals surface area contributed by atoms with Crippen molar-refractivity contribution in [1.29, 1.82) is 0 Å². The zero-order chi connectivity index (χ0) is 18.9. The van der Waals surface area contributed by atoms with Gasteiger partial charge in [0.15, 0.2) is 0 Å². The van der Waals surface area contributed by atoms with Crippen molar-refractivity contribution >= 4 is 16.5 Å². The van der Waals surface area contributed by atoms with Gasteiger partial charge in [-0.3, -0.25) is 0 Å². The Hall–Kier alpha value is -2.36. The van der Waals surface area contributed by atoms with Gasteiger partial charge in [0.05, 0.1) is 13.2 Å². The second kappa shape index (κ2) is 7.57. The molecule has 0 bridgehead atoms. The maximum atomic E-state index is 5.53. The normalized spacial score (nSPS) is 20.8. The van der Waals surface area contributed by atoms with Crippen LogP contribution in [0.3, 0.4) is 0 Å². The van der Waals surface area contributed by atoms with Crippen molar-refractivity contribution < 1.29 is 4.74 Å². The third-order valence-corrected chi connectivity index (χ3v) is 6.29. The Kier molecular flexibility index (Phi) is 4.79. The summed E-state index contributed by atoms with van der Waals surface area (Å²) in [7, 11) is 2.24. The Morgan fingerprint density at radius 1 is 0.857 bits per heavy atom. The van der Waals surface area contributed by atoms with Gasteiger partial charge in [-0.2, -0.15) is 0 Å². The lowest BCUT2D eigenvalue weighted by Crippen LogP contribution is -2.36. The fourth-order valence-electron chi connectivity index (χ4n) is 4.73. The Bertz CT molecular complexity index is 977. The van der Waals surface area contributed by atoms with Crippen molar-refractivity contribution in [1.82, 2.24) is 4.90 Å². The lowest BCUT2D eigenvalue weighted by atomic mass is 9.85. The van der Waals surface area contributed by atoms with Crippen molar-refractivity contribution in [3.8, 4) is 0 Å². The standard InChI is InChI=1S/C25H28N2O/c1-26-11-10-25(21-7-6-19-4-2-3-5-20(19)16-21)24-9-8-23(17-22(24)18-26)27-12-14-28-15-13-27/h2-9,16-17,25H,10-15,18H2,1H3. The highest BCUT2D eigenvalue weighted by molar-refractivity contribution is 5.83. The summed E-state index contributed by atoms with van der Waals surface area (Å²) in [6.45, 7) is 5.79. The van der Waals surface area contributed by atoms with E-state index in [1.165, 1.54) is 39.6 Å². The third kappa shape index (κ3) is 3.41. The minimum atomic E-state index is 0.461. The molecule has 3 aromatic carbocycles. The van der Waals surface area contributed by atoms with E-state index in [0.717, 1.165) is 39.4 Å². The summed E-state index contributed by atoms with van der Waals surface area (Å²) < 4.78 is 5.53. The second-order valence-corrected chi connectivity index (χ2v) is 8.17. The maximum absolute atomic E-state index is 5.53. The van der Waals surface area contributed by atoms with E-state index in [0.29, 0.717) is 5.92 Å². The summed E-state index contributed by atoms with van der Waals surface area (Å²) in [5.41, 5.74) is 5.75. The molecule has 3 aromatic rings. The van der Waals surface area contributed by atoms with Gasteiger partial charge in [0.25, 0.3) is 0 Å². The van der Waals surface area contributed by atoms with Crippen LogP contribution in [0.4, 0.5) is 5.69 Å². The highest BCUT2D eigenvalue weighted by Gasteiger charge is 2.24. The molecule has 1 fully saturated rings. The first-order valence-electron chi connectivity index (χ1n) is 10.4. The molecule has 0 radical (unpaired) electrons. The number of hydrogen-bond donors (Lipinski definition) is 0. The summed E-state index contributed by atoms with van der Waals surface area (Å²) >= 11 is 0. The molecule has 1 unspecified atom stereocenters. The molecule has 0 spiro atoms. The van der Waals surface area contributed by atoms with Crippen LogP contribution in [-0.4, -0.2) is 44.8 Å². The molecule has 2 heterocycles. The smallest absolute Gasteiger partial charge is 0.0642 e. The summed E-state index contributed by atoms with van der Waals surface area (Å²) in [5.74, 6) is 0.461. The van der Waals surface area contributed by atoms with E-state index in [9.17, 15) is 0 Å². The fraction of sp³-hybridized carbons (Fsp3) is 0.360. The van der Waals surface area contributed by atoms with E-state index in [2.05, 4.69) is 77.5 Å². The zero-order valence-corrected chi connectivity index (χ0v) is 16.6. The summed E-state index contributed by atoms with van der Waals surface area (Å²) in [5, 5.41) is 2.66. The molecule has 2 aliphatic rings. The predicted octanol–water partition coefficient (Wildman–Crippen LogP) is 4.64. The largest absolute Gasteiger partial charge is 0.378 e. The number of nitrogens with zero attached hydrogens (tertiary/aromatic N) is 2. The average Bonchev–Trinajstić information content (AvgIpc) is 2.91. The predicted molar refractivity (Wildman–Crippen MR) is 116 cm³/mol. The number of fused-ring (bicyclic) bond motifs is 2. The number of morpholine rings is 1. The summed E-state index contributed by atoms with van der Waals surface area (Å²) in [6, 6.07) is 22.8. The molecule has 3 nitrogen and oxygen atoms in total. The first-order chi connectivity index (χ1) is 13.8. The maximum Gasteiger partial charge on any atom is 0.0642 e. The summed E-state index contributed by atoms with van der Waals surface area (Å²) in [6.07, 6.45) is 1.17. The van der Waals surface area contributed by atoms with Crippen LogP contribution in [0.25, 0.3) is 10.8 Å². The van der Waals surface area contributed by atoms with Gasteiger partial charge in [-0.1, -0.05) is 48.5 Å². The van der Waals surface area contributed by atoms with Gasteiger partial charge in [-0.05, 0) is 59.6 Å². The second-order valence-electron chi connectivity index (χ2n) is 8.17. The molecule has 0 N–H and O–H groups in total. The number of benzene rings is 3. The molecule has 0 aliphatic carbocycles. The van der Waals surface area contributed by atoms with Gasteiger partial charge in [0.2, 0.25) is 0 Å². The molecule has 5 rings (SSSR count). The van der Waals surface area contributed by atoms with Gasteiger partial charge in [0, 0.05) is 31.2 Å². The minimum Gasteiger partial charge on any atom is -0.378 e. The van der Waals surface area contributed by atoms with E-state index in [4.69, 9.17) is 4.74 Å². The molecule has 1 saturated heterocycles. The summed E-state index contributed by atoms with van der Waals surface area (Å²) in [4.78, 5) is 4.92. The topological polar surface area (TPSA) is 15.7 Å². The van der Waals surface area contributed by atoms with Crippen LogP contribution in [-0.2, 0) is 11.3 Å². The van der Waals surface area contributed by atoms with E-state index in [-0.39, 0.29) is 0 Å². The van der Waals surface area contributed by atoms with E-state index in [1.807, 2.05) is 0 Å². The van der Waals surface area contributed by atoms with E-state index in [1.54, 1.807) is 0 Å². The van der Waals surface area contributed by atoms with Gasteiger partial charge < -0.3 is 14.5 Å². The SMILES string of the molecule is CN1CCC(c2ccc3ccccc3c2)c2ccc(N3CCOCC3)cc2C1. The molecule has 0 aromatic heterocycles. The molecule has 0 saturated carbocycles. The van der Waals surface area contributed by atoms with Gasteiger partial charge in [0.1, 0.15) is 0 Å². The average molecular weight is 373 g/mol. The number of ether oxygens (including phenoxy) is 1. The molecular weight excluding hydrogens is 344 g/mol. The van der Waals surface area contributed by atoms with Crippen molar-refractivity contribution in [3.05, 3.63) is 77.4 Å². The first-order valence-corrected chi connectivity index (χ1v) is 10.4. The molecule has 28 heavy (non-hydrogen) atoms. The monoisotopic (exact) mass is 372 g/mol. The number of hydrogen-bond acceptors (Lipinski definition) is 3. The van der Waals surface area contributed by atoms with Crippen LogP contribution in [0.5, 0.6) is 0 Å². The quantitative estimate of drug-likeness (QED) is 0.652. The van der Waals surface area contributed by atoms with Crippen LogP contribution in [0.2, 0.25) is 0 Å². The fourth-order valence-corrected chi connectivity index (χ4v) is 4.73. The Labute approximate surface area is 167 Å². The first kappa shape index (κ1) is 17.7. The molecular formula is C25H28N2O. The minimum absolute atomic E-state index is 0.461. The Morgan fingerprint density at radius 2 is 1.68 bits per heavy atom. The zero-order valence-electron chi connectivity index (χ0n) is 16.6. The van der Waals surface area contributed by atoms with Gasteiger partial charge in [-0.25, -0.2) is 0 Å². The number of anilines is 1. The van der Waals surface area contributed by atoms with Gasteiger partial charge in [-0.15, -0.1) is 0 Å². The Morgan fingerprint density at radius 3 is 2.54 bits per heavy atom. The molecule has 3 heteroatoms. The lowest BCUT2D eigenvalue weighted by Gasteiger charge is -2.30. The highest BCUT2D eigenvalue weighted by Crippen LogP contribution is 2.36. The highest BCUT2D eigenvalue weighted by atomic mass is 16.5. The van der Waals surface area contributed by atoms with Gasteiger partial charge >= 0.3 is 0 Å². The number of rotatable bonds is 2.